The number of aryl methyl sites for hydroxylation is 1. The van der Waals surface area contributed by atoms with Crippen LogP contribution in [0.4, 0.5) is 0 Å². The van der Waals surface area contributed by atoms with Gasteiger partial charge >= 0.3 is 0 Å². The average molecular weight is 315 g/mol. The lowest BCUT2D eigenvalue weighted by Gasteiger charge is -2.15. The Morgan fingerprint density at radius 3 is 1.96 bits per heavy atom. The summed E-state index contributed by atoms with van der Waals surface area (Å²) in [4.78, 5) is 0. The van der Waals surface area contributed by atoms with Crippen molar-refractivity contribution in [3.8, 4) is 17.2 Å². The fraction of sp³-hybridized carbons (Fsp3) is 0.368. The van der Waals surface area contributed by atoms with Gasteiger partial charge in [0.05, 0.1) is 21.3 Å². The van der Waals surface area contributed by atoms with Crippen LogP contribution < -0.4 is 19.5 Å². The van der Waals surface area contributed by atoms with Gasteiger partial charge in [0.25, 0.3) is 0 Å². The molecular formula is C19H25NO3. The molecule has 0 heterocycles. The van der Waals surface area contributed by atoms with Gasteiger partial charge in [-0.1, -0.05) is 31.2 Å². The third kappa shape index (κ3) is 4.17. The van der Waals surface area contributed by atoms with Crippen molar-refractivity contribution in [2.75, 3.05) is 21.3 Å². The molecule has 4 heteroatoms. The molecule has 2 aromatic rings. The largest absolute Gasteiger partial charge is 0.493 e. The van der Waals surface area contributed by atoms with Crippen LogP contribution in [0.15, 0.2) is 36.4 Å². The number of methoxy groups -OCH3 is 3. The SMILES string of the molecule is CCc1ccccc1CNCc1cc(OC)c(OC)c(OC)c1. The molecule has 2 rings (SSSR count). The first-order valence-electron chi connectivity index (χ1n) is 7.79. The number of ether oxygens (including phenoxy) is 3. The summed E-state index contributed by atoms with van der Waals surface area (Å²) >= 11 is 0. The second kappa shape index (κ2) is 8.44. The van der Waals surface area contributed by atoms with E-state index in [-0.39, 0.29) is 0 Å². The molecule has 0 spiro atoms. The zero-order chi connectivity index (χ0) is 16.7. The van der Waals surface area contributed by atoms with E-state index in [2.05, 4.69) is 36.5 Å². The maximum Gasteiger partial charge on any atom is 0.203 e. The Kier molecular flexibility index (Phi) is 6.29. The van der Waals surface area contributed by atoms with E-state index in [4.69, 9.17) is 14.2 Å². The van der Waals surface area contributed by atoms with Gasteiger partial charge in [-0.3, -0.25) is 0 Å². The third-order valence-electron chi connectivity index (χ3n) is 3.87. The smallest absolute Gasteiger partial charge is 0.203 e. The van der Waals surface area contributed by atoms with Crippen molar-refractivity contribution in [1.29, 1.82) is 0 Å². The van der Waals surface area contributed by atoms with E-state index < -0.39 is 0 Å². The van der Waals surface area contributed by atoms with Gasteiger partial charge in [-0.15, -0.1) is 0 Å². The quantitative estimate of drug-likeness (QED) is 0.808. The molecule has 0 saturated carbocycles. The molecule has 4 nitrogen and oxygen atoms in total. The average Bonchev–Trinajstić information content (AvgIpc) is 2.61. The van der Waals surface area contributed by atoms with Gasteiger partial charge < -0.3 is 19.5 Å². The molecule has 0 unspecified atom stereocenters. The first-order valence-corrected chi connectivity index (χ1v) is 7.79. The zero-order valence-corrected chi connectivity index (χ0v) is 14.3. The molecule has 0 aliphatic heterocycles. The van der Waals surface area contributed by atoms with Crippen LogP contribution >= 0.6 is 0 Å². The monoisotopic (exact) mass is 315 g/mol. The Labute approximate surface area is 138 Å². The molecule has 1 N–H and O–H groups in total. The van der Waals surface area contributed by atoms with Crippen molar-refractivity contribution in [2.45, 2.75) is 26.4 Å². The lowest BCUT2D eigenvalue weighted by atomic mass is 10.1. The predicted octanol–water partition coefficient (Wildman–Crippen LogP) is 3.56. The van der Waals surface area contributed by atoms with E-state index in [1.807, 2.05) is 12.1 Å². The van der Waals surface area contributed by atoms with Crippen LogP contribution in [-0.4, -0.2) is 21.3 Å². The number of hydrogen-bond donors (Lipinski definition) is 1. The lowest BCUT2D eigenvalue weighted by Crippen LogP contribution is -2.14. The number of benzene rings is 2. The second-order valence-corrected chi connectivity index (χ2v) is 5.26. The standard InChI is InChI=1S/C19H25NO3/c1-5-15-8-6-7-9-16(15)13-20-12-14-10-17(21-2)19(23-4)18(11-14)22-3/h6-11,20H,5,12-13H2,1-4H3. The third-order valence-corrected chi connectivity index (χ3v) is 3.87. The van der Waals surface area contributed by atoms with Crippen LogP contribution in [-0.2, 0) is 19.5 Å². The highest BCUT2D eigenvalue weighted by atomic mass is 16.5. The molecule has 0 saturated heterocycles. The summed E-state index contributed by atoms with van der Waals surface area (Å²) in [6.45, 7) is 3.74. The van der Waals surface area contributed by atoms with E-state index in [1.165, 1.54) is 11.1 Å². The van der Waals surface area contributed by atoms with Crippen molar-refractivity contribution in [2.24, 2.45) is 0 Å². The minimum absolute atomic E-state index is 0.620. The van der Waals surface area contributed by atoms with Crippen LogP contribution in [0.2, 0.25) is 0 Å². The molecule has 0 radical (unpaired) electrons. The summed E-state index contributed by atoms with van der Waals surface area (Å²) in [5, 5.41) is 3.48. The molecule has 0 bridgehead atoms. The molecular weight excluding hydrogens is 290 g/mol. The Balaban J connectivity index is 2.08. The highest BCUT2D eigenvalue weighted by molar-refractivity contribution is 5.53. The molecule has 2 aromatic carbocycles. The highest BCUT2D eigenvalue weighted by Crippen LogP contribution is 2.38. The zero-order valence-electron chi connectivity index (χ0n) is 14.3. The van der Waals surface area contributed by atoms with Crippen LogP contribution in [0.5, 0.6) is 17.2 Å². The van der Waals surface area contributed by atoms with Crippen molar-refractivity contribution in [3.05, 3.63) is 53.1 Å². The first kappa shape index (κ1) is 17.2. The molecule has 0 fully saturated rings. The Hall–Kier alpha value is -2.20. The molecule has 23 heavy (non-hydrogen) atoms. The maximum atomic E-state index is 5.39. The normalized spacial score (nSPS) is 10.4. The molecule has 124 valence electrons. The molecule has 0 amide bonds. The van der Waals surface area contributed by atoms with E-state index >= 15 is 0 Å². The van der Waals surface area contributed by atoms with Crippen LogP contribution in [0.3, 0.4) is 0 Å². The fourth-order valence-electron chi connectivity index (χ4n) is 2.65. The van der Waals surface area contributed by atoms with Crippen LogP contribution in [0.25, 0.3) is 0 Å². The first-order chi connectivity index (χ1) is 11.2. The number of hydrogen-bond acceptors (Lipinski definition) is 4. The second-order valence-electron chi connectivity index (χ2n) is 5.26. The molecule has 0 aliphatic rings. The number of rotatable bonds is 8. The van der Waals surface area contributed by atoms with Gasteiger partial charge in [0.1, 0.15) is 0 Å². The van der Waals surface area contributed by atoms with Gasteiger partial charge in [0.2, 0.25) is 5.75 Å². The van der Waals surface area contributed by atoms with Gasteiger partial charge in [0.15, 0.2) is 11.5 Å². The van der Waals surface area contributed by atoms with Crippen LogP contribution in [0.1, 0.15) is 23.6 Å². The molecule has 0 aromatic heterocycles. The summed E-state index contributed by atoms with van der Waals surface area (Å²) in [6.07, 6.45) is 1.04. The maximum absolute atomic E-state index is 5.39. The van der Waals surface area contributed by atoms with Crippen molar-refractivity contribution < 1.29 is 14.2 Å². The van der Waals surface area contributed by atoms with Crippen molar-refractivity contribution in [3.63, 3.8) is 0 Å². The minimum Gasteiger partial charge on any atom is -0.493 e. The van der Waals surface area contributed by atoms with E-state index in [9.17, 15) is 0 Å². The summed E-state index contributed by atoms with van der Waals surface area (Å²) in [5.74, 6) is 1.98. The van der Waals surface area contributed by atoms with E-state index in [0.717, 1.165) is 25.1 Å². The predicted molar refractivity (Wildman–Crippen MR) is 92.5 cm³/mol. The van der Waals surface area contributed by atoms with E-state index in [1.54, 1.807) is 21.3 Å². The Morgan fingerprint density at radius 2 is 1.43 bits per heavy atom. The Bertz CT molecular complexity index is 615. The van der Waals surface area contributed by atoms with Gasteiger partial charge in [-0.2, -0.15) is 0 Å². The summed E-state index contributed by atoms with van der Waals surface area (Å²) in [5.41, 5.74) is 3.81. The van der Waals surface area contributed by atoms with E-state index in [0.29, 0.717) is 17.2 Å². The van der Waals surface area contributed by atoms with Gasteiger partial charge in [-0.25, -0.2) is 0 Å². The topological polar surface area (TPSA) is 39.7 Å². The summed E-state index contributed by atoms with van der Waals surface area (Å²) < 4.78 is 16.1. The molecule has 0 aliphatic carbocycles. The summed E-state index contributed by atoms with van der Waals surface area (Å²) in [7, 11) is 4.87. The van der Waals surface area contributed by atoms with Crippen molar-refractivity contribution in [1.82, 2.24) is 5.32 Å². The van der Waals surface area contributed by atoms with Crippen LogP contribution in [0, 0.1) is 0 Å². The van der Waals surface area contributed by atoms with Crippen molar-refractivity contribution >= 4 is 0 Å². The highest BCUT2D eigenvalue weighted by Gasteiger charge is 2.12. The molecule has 0 atom stereocenters. The summed E-state index contributed by atoms with van der Waals surface area (Å²) in [6, 6.07) is 12.5. The fourth-order valence-corrected chi connectivity index (χ4v) is 2.65. The lowest BCUT2D eigenvalue weighted by molar-refractivity contribution is 0.323. The Morgan fingerprint density at radius 1 is 0.826 bits per heavy atom. The number of nitrogens with one attached hydrogen (secondary N) is 1. The van der Waals surface area contributed by atoms with Gasteiger partial charge in [-0.05, 0) is 35.2 Å². The minimum atomic E-state index is 0.620. The van der Waals surface area contributed by atoms with Gasteiger partial charge in [0, 0.05) is 13.1 Å².